The number of ether oxygens (including phenoxy) is 2. The zero-order valence-corrected chi connectivity index (χ0v) is 21.5. The molecule has 35 heavy (non-hydrogen) atoms. The molecule has 0 aliphatic rings. The normalized spacial score (nSPS) is 11.3. The van der Waals surface area contributed by atoms with E-state index in [2.05, 4.69) is 23.9 Å². The highest BCUT2D eigenvalue weighted by Gasteiger charge is 2.17. The standard InChI is InChI=1S/C27H32N2O5S/c1-6-33-22-12-10-21(11-13-22)29-35(31,32)23-14-15-25(20(5)16-23)34-17-26(30)28-27-19(4)8-7-9-24(27)18(2)3/h7-16,18,29H,6,17H2,1-5H3,(H,28,30). The van der Waals surface area contributed by atoms with Crippen molar-refractivity contribution in [3.63, 3.8) is 0 Å². The first-order chi connectivity index (χ1) is 16.6. The lowest BCUT2D eigenvalue weighted by atomic mass is 9.98. The monoisotopic (exact) mass is 496 g/mol. The summed E-state index contributed by atoms with van der Waals surface area (Å²) in [4.78, 5) is 12.7. The van der Waals surface area contributed by atoms with Gasteiger partial charge in [0.05, 0.1) is 11.5 Å². The van der Waals surface area contributed by atoms with Crippen LogP contribution in [-0.4, -0.2) is 27.5 Å². The second-order valence-corrected chi connectivity index (χ2v) is 10.2. The number of carbonyl (C=O) groups is 1. The van der Waals surface area contributed by atoms with E-state index in [0.29, 0.717) is 29.4 Å². The number of nitrogens with one attached hydrogen (secondary N) is 2. The summed E-state index contributed by atoms with van der Waals surface area (Å²) >= 11 is 0. The zero-order valence-electron chi connectivity index (χ0n) is 20.7. The molecule has 186 valence electrons. The van der Waals surface area contributed by atoms with Gasteiger partial charge in [0.15, 0.2) is 6.61 Å². The average molecular weight is 497 g/mol. The van der Waals surface area contributed by atoms with Crippen molar-refractivity contribution in [2.24, 2.45) is 0 Å². The Morgan fingerprint density at radius 1 is 0.943 bits per heavy atom. The fourth-order valence-electron chi connectivity index (χ4n) is 3.61. The predicted molar refractivity (Wildman–Crippen MR) is 139 cm³/mol. The van der Waals surface area contributed by atoms with Gasteiger partial charge in [0.1, 0.15) is 11.5 Å². The van der Waals surface area contributed by atoms with Gasteiger partial charge in [-0.3, -0.25) is 9.52 Å². The number of hydrogen-bond donors (Lipinski definition) is 2. The number of amides is 1. The third-order valence-corrected chi connectivity index (χ3v) is 6.80. The van der Waals surface area contributed by atoms with Gasteiger partial charge in [-0.1, -0.05) is 32.0 Å². The van der Waals surface area contributed by atoms with Crippen molar-refractivity contribution in [2.75, 3.05) is 23.3 Å². The minimum absolute atomic E-state index is 0.0992. The van der Waals surface area contributed by atoms with E-state index in [9.17, 15) is 13.2 Å². The Balaban J connectivity index is 1.65. The molecular weight excluding hydrogens is 464 g/mol. The lowest BCUT2D eigenvalue weighted by Gasteiger charge is -2.17. The fraction of sp³-hybridized carbons (Fsp3) is 0.296. The summed E-state index contributed by atoms with van der Waals surface area (Å²) in [6.07, 6.45) is 0. The molecule has 8 heteroatoms. The second-order valence-electron chi connectivity index (χ2n) is 8.52. The van der Waals surface area contributed by atoms with E-state index in [-0.39, 0.29) is 23.3 Å². The van der Waals surface area contributed by atoms with Gasteiger partial charge >= 0.3 is 0 Å². The van der Waals surface area contributed by atoms with Gasteiger partial charge in [0, 0.05) is 11.4 Å². The molecule has 0 atom stereocenters. The van der Waals surface area contributed by atoms with Gasteiger partial charge in [-0.2, -0.15) is 0 Å². The van der Waals surface area contributed by atoms with Crippen LogP contribution in [0.2, 0.25) is 0 Å². The van der Waals surface area contributed by atoms with Crippen molar-refractivity contribution in [3.8, 4) is 11.5 Å². The molecule has 0 unspecified atom stereocenters. The fourth-order valence-corrected chi connectivity index (χ4v) is 4.76. The second kappa shape index (κ2) is 11.3. The molecule has 0 saturated carbocycles. The number of hydrogen-bond acceptors (Lipinski definition) is 5. The molecule has 0 fully saturated rings. The maximum atomic E-state index is 12.8. The van der Waals surface area contributed by atoms with Crippen LogP contribution in [0, 0.1) is 13.8 Å². The van der Waals surface area contributed by atoms with Crippen LogP contribution in [0.25, 0.3) is 0 Å². The number of carbonyl (C=O) groups excluding carboxylic acids is 1. The highest BCUT2D eigenvalue weighted by Crippen LogP contribution is 2.28. The van der Waals surface area contributed by atoms with Crippen molar-refractivity contribution in [1.29, 1.82) is 0 Å². The topological polar surface area (TPSA) is 93.7 Å². The van der Waals surface area contributed by atoms with Crippen LogP contribution in [-0.2, 0) is 14.8 Å². The van der Waals surface area contributed by atoms with Crippen LogP contribution < -0.4 is 19.5 Å². The minimum atomic E-state index is -3.79. The van der Waals surface area contributed by atoms with Crippen LogP contribution in [0.4, 0.5) is 11.4 Å². The van der Waals surface area contributed by atoms with Gasteiger partial charge in [-0.25, -0.2) is 8.42 Å². The number of sulfonamides is 1. The van der Waals surface area contributed by atoms with E-state index >= 15 is 0 Å². The third kappa shape index (κ3) is 6.76. The Labute approximate surface area is 207 Å². The number of rotatable bonds is 10. The molecule has 2 N–H and O–H groups in total. The minimum Gasteiger partial charge on any atom is -0.494 e. The predicted octanol–water partition coefficient (Wildman–Crippen LogP) is 5.64. The third-order valence-electron chi connectivity index (χ3n) is 5.42. The smallest absolute Gasteiger partial charge is 0.262 e. The Morgan fingerprint density at radius 2 is 1.66 bits per heavy atom. The Hall–Kier alpha value is -3.52. The first kappa shape index (κ1) is 26.1. The van der Waals surface area contributed by atoms with E-state index in [4.69, 9.17) is 9.47 Å². The average Bonchev–Trinajstić information content (AvgIpc) is 2.80. The van der Waals surface area contributed by atoms with Gasteiger partial charge < -0.3 is 14.8 Å². The first-order valence-corrected chi connectivity index (χ1v) is 13.0. The van der Waals surface area contributed by atoms with Crippen molar-refractivity contribution >= 4 is 27.3 Å². The molecule has 0 spiro atoms. The van der Waals surface area contributed by atoms with Gasteiger partial charge in [-0.15, -0.1) is 0 Å². The summed E-state index contributed by atoms with van der Waals surface area (Å²) in [7, 11) is -3.79. The van der Waals surface area contributed by atoms with Crippen LogP contribution in [0.1, 0.15) is 43.4 Å². The van der Waals surface area contributed by atoms with Crippen LogP contribution >= 0.6 is 0 Å². The molecule has 0 radical (unpaired) electrons. The SMILES string of the molecule is CCOc1ccc(NS(=O)(=O)c2ccc(OCC(=O)Nc3c(C)cccc3C(C)C)c(C)c2)cc1. The molecule has 0 bridgehead atoms. The molecule has 3 aromatic rings. The number of anilines is 2. The largest absolute Gasteiger partial charge is 0.494 e. The lowest BCUT2D eigenvalue weighted by molar-refractivity contribution is -0.118. The number of benzene rings is 3. The molecule has 7 nitrogen and oxygen atoms in total. The zero-order chi connectivity index (χ0) is 25.6. The van der Waals surface area contributed by atoms with Gasteiger partial charge in [0.25, 0.3) is 15.9 Å². The lowest BCUT2D eigenvalue weighted by Crippen LogP contribution is -2.22. The Kier molecular flexibility index (Phi) is 8.40. The maximum Gasteiger partial charge on any atom is 0.262 e. The summed E-state index contributed by atoms with van der Waals surface area (Å²) in [5.41, 5.74) is 3.88. The van der Waals surface area contributed by atoms with Crippen molar-refractivity contribution in [2.45, 2.75) is 45.4 Å². The molecule has 0 aliphatic heterocycles. The maximum absolute atomic E-state index is 12.8. The van der Waals surface area contributed by atoms with Gasteiger partial charge in [-0.05, 0) is 85.8 Å². The molecule has 0 heterocycles. The molecule has 0 aliphatic carbocycles. The molecule has 1 amide bonds. The quantitative estimate of drug-likeness (QED) is 0.379. The highest BCUT2D eigenvalue weighted by atomic mass is 32.2. The highest BCUT2D eigenvalue weighted by molar-refractivity contribution is 7.92. The van der Waals surface area contributed by atoms with E-state index in [1.165, 1.54) is 12.1 Å². The van der Waals surface area contributed by atoms with Crippen LogP contribution in [0.15, 0.2) is 65.6 Å². The summed E-state index contributed by atoms with van der Waals surface area (Å²) in [5, 5.41) is 2.95. The van der Waals surface area contributed by atoms with Crippen molar-refractivity contribution < 1.29 is 22.7 Å². The first-order valence-electron chi connectivity index (χ1n) is 11.5. The van der Waals surface area contributed by atoms with Crippen LogP contribution in [0.3, 0.4) is 0 Å². The van der Waals surface area contributed by atoms with E-state index in [1.807, 2.05) is 32.0 Å². The molecule has 3 rings (SSSR count). The summed E-state index contributed by atoms with van der Waals surface area (Å²) < 4.78 is 39.3. The number of para-hydroxylation sites is 1. The number of aryl methyl sites for hydroxylation is 2. The van der Waals surface area contributed by atoms with E-state index < -0.39 is 10.0 Å². The Bertz CT molecular complexity index is 1290. The molecule has 0 saturated heterocycles. The van der Waals surface area contributed by atoms with E-state index in [0.717, 1.165) is 16.8 Å². The van der Waals surface area contributed by atoms with Gasteiger partial charge in [0.2, 0.25) is 0 Å². The molecule has 0 aromatic heterocycles. The van der Waals surface area contributed by atoms with Crippen LogP contribution in [0.5, 0.6) is 11.5 Å². The molecule has 3 aromatic carbocycles. The molecular formula is C27H32N2O5S. The summed E-state index contributed by atoms with van der Waals surface area (Å²) in [5.74, 6) is 1.09. The Morgan fingerprint density at radius 3 is 2.29 bits per heavy atom. The van der Waals surface area contributed by atoms with Crippen molar-refractivity contribution in [1.82, 2.24) is 0 Å². The summed E-state index contributed by atoms with van der Waals surface area (Å²) in [6.45, 7) is 10.1. The summed E-state index contributed by atoms with van der Waals surface area (Å²) in [6, 6.07) is 17.1. The van der Waals surface area contributed by atoms with Crippen molar-refractivity contribution in [3.05, 3.63) is 77.4 Å². The van der Waals surface area contributed by atoms with E-state index in [1.54, 1.807) is 37.3 Å².